The molecule has 0 radical (unpaired) electrons. The molecule has 0 aromatic heterocycles. The minimum Gasteiger partial charge on any atom is -0.349 e. The summed E-state index contributed by atoms with van der Waals surface area (Å²) in [4.78, 5) is 12.5. The van der Waals surface area contributed by atoms with Gasteiger partial charge in [-0.05, 0) is 24.1 Å². The third-order valence-corrected chi connectivity index (χ3v) is 4.21. The predicted molar refractivity (Wildman–Crippen MR) is 88.9 cm³/mol. The lowest BCUT2D eigenvalue weighted by atomic mass is 9.97. The lowest BCUT2D eigenvalue weighted by molar-refractivity contribution is -0.123. The van der Waals surface area contributed by atoms with Crippen molar-refractivity contribution in [1.29, 1.82) is 0 Å². The Hall–Kier alpha value is -1.65. The monoisotopic (exact) mass is 346 g/mol. The first-order valence-corrected chi connectivity index (χ1v) is 7.72. The van der Waals surface area contributed by atoms with Gasteiger partial charge >= 0.3 is 0 Å². The number of benzene rings is 2. The highest BCUT2D eigenvalue weighted by Crippen LogP contribution is 2.24. The van der Waals surface area contributed by atoms with Crippen molar-refractivity contribution >= 4 is 21.8 Å². The molecule has 3 N–H and O–H groups in total. The molecule has 2 rings (SSSR count). The molecule has 0 saturated carbocycles. The van der Waals surface area contributed by atoms with Crippen molar-refractivity contribution in [3.05, 3.63) is 70.2 Å². The van der Waals surface area contributed by atoms with Gasteiger partial charge in [-0.15, -0.1) is 0 Å². The highest BCUT2D eigenvalue weighted by atomic mass is 79.9. The summed E-state index contributed by atoms with van der Waals surface area (Å²) in [6.45, 7) is 2.26. The lowest BCUT2D eigenvalue weighted by Gasteiger charge is -2.20. The number of amides is 1. The van der Waals surface area contributed by atoms with Gasteiger partial charge in [0.1, 0.15) is 0 Å². The number of carbonyl (C=O) groups excluding carboxylic acids is 1. The molecule has 0 heterocycles. The lowest BCUT2D eigenvalue weighted by Crippen LogP contribution is -2.35. The number of nitrogens with one attached hydrogen (secondary N) is 1. The molecule has 0 aliphatic carbocycles. The molecule has 0 aliphatic heterocycles. The summed E-state index contributed by atoms with van der Waals surface area (Å²) in [6, 6.07) is 17.4. The van der Waals surface area contributed by atoms with Crippen LogP contribution < -0.4 is 11.1 Å². The van der Waals surface area contributed by atoms with Crippen LogP contribution in [0.2, 0.25) is 0 Å². The summed E-state index contributed by atoms with van der Waals surface area (Å²) in [6.07, 6.45) is 0. The van der Waals surface area contributed by atoms with Crippen LogP contribution in [0.3, 0.4) is 0 Å². The zero-order valence-electron chi connectivity index (χ0n) is 11.9. The maximum Gasteiger partial charge on any atom is 0.229 e. The predicted octanol–water partition coefficient (Wildman–Crippen LogP) is 3.37. The highest BCUT2D eigenvalue weighted by molar-refractivity contribution is 9.10. The van der Waals surface area contributed by atoms with Gasteiger partial charge in [0.25, 0.3) is 0 Å². The SMILES string of the molecule is CC(NC(=O)C(CN)c1ccccc1)c1ccccc1Br. The van der Waals surface area contributed by atoms with Crippen molar-refractivity contribution in [1.82, 2.24) is 5.32 Å². The molecule has 21 heavy (non-hydrogen) atoms. The molecule has 0 fully saturated rings. The Labute approximate surface area is 133 Å². The molecule has 1 amide bonds. The Morgan fingerprint density at radius 3 is 2.38 bits per heavy atom. The summed E-state index contributed by atoms with van der Waals surface area (Å²) in [7, 11) is 0. The van der Waals surface area contributed by atoms with Crippen LogP contribution >= 0.6 is 15.9 Å². The van der Waals surface area contributed by atoms with Crippen LogP contribution in [-0.2, 0) is 4.79 Å². The van der Waals surface area contributed by atoms with Crippen LogP contribution in [0.4, 0.5) is 0 Å². The van der Waals surface area contributed by atoms with Crippen molar-refractivity contribution in [2.75, 3.05) is 6.54 Å². The Kier molecular flexibility index (Phi) is 5.53. The van der Waals surface area contributed by atoms with Crippen molar-refractivity contribution in [3.8, 4) is 0 Å². The topological polar surface area (TPSA) is 55.1 Å². The van der Waals surface area contributed by atoms with Gasteiger partial charge in [0, 0.05) is 11.0 Å². The van der Waals surface area contributed by atoms with Gasteiger partial charge in [0.05, 0.1) is 12.0 Å². The summed E-state index contributed by atoms with van der Waals surface area (Å²) >= 11 is 3.51. The van der Waals surface area contributed by atoms with Crippen molar-refractivity contribution in [3.63, 3.8) is 0 Å². The fourth-order valence-electron chi connectivity index (χ4n) is 2.30. The number of rotatable bonds is 5. The van der Waals surface area contributed by atoms with E-state index in [1.54, 1.807) is 0 Å². The van der Waals surface area contributed by atoms with Crippen LogP contribution in [0, 0.1) is 0 Å². The van der Waals surface area contributed by atoms with E-state index in [2.05, 4.69) is 21.2 Å². The van der Waals surface area contributed by atoms with Gasteiger partial charge < -0.3 is 11.1 Å². The summed E-state index contributed by atoms with van der Waals surface area (Å²) in [5.74, 6) is -0.372. The molecule has 110 valence electrons. The van der Waals surface area contributed by atoms with E-state index in [1.165, 1.54) is 0 Å². The van der Waals surface area contributed by atoms with Crippen molar-refractivity contribution < 1.29 is 4.79 Å². The Bertz CT molecular complexity index is 601. The minimum atomic E-state index is -0.323. The highest BCUT2D eigenvalue weighted by Gasteiger charge is 2.21. The van der Waals surface area contributed by atoms with Gasteiger partial charge in [0.2, 0.25) is 5.91 Å². The van der Waals surface area contributed by atoms with E-state index < -0.39 is 0 Å². The summed E-state index contributed by atoms with van der Waals surface area (Å²) in [5, 5.41) is 3.04. The first kappa shape index (κ1) is 15.7. The second kappa shape index (κ2) is 7.38. The molecule has 2 unspecified atom stereocenters. The third kappa shape index (κ3) is 3.93. The van der Waals surface area contributed by atoms with Gasteiger partial charge in [0.15, 0.2) is 0 Å². The Morgan fingerprint density at radius 2 is 1.76 bits per heavy atom. The van der Waals surface area contributed by atoms with Crippen LogP contribution in [0.15, 0.2) is 59.1 Å². The van der Waals surface area contributed by atoms with Crippen molar-refractivity contribution in [2.24, 2.45) is 5.73 Å². The normalized spacial score (nSPS) is 13.5. The van der Waals surface area contributed by atoms with E-state index in [0.29, 0.717) is 6.54 Å². The quantitative estimate of drug-likeness (QED) is 0.871. The Balaban J connectivity index is 2.11. The Morgan fingerprint density at radius 1 is 1.14 bits per heavy atom. The van der Waals surface area contributed by atoms with Gasteiger partial charge in [-0.2, -0.15) is 0 Å². The molecule has 2 aromatic carbocycles. The molecular formula is C17H19BrN2O. The van der Waals surface area contributed by atoms with Gasteiger partial charge in [-0.3, -0.25) is 4.79 Å². The molecule has 3 nitrogen and oxygen atoms in total. The van der Waals surface area contributed by atoms with E-state index in [0.717, 1.165) is 15.6 Å². The number of halogens is 1. The average molecular weight is 347 g/mol. The number of hydrogen-bond donors (Lipinski definition) is 2. The number of carbonyl (C=O) groups is 1. The van der Waals surface area contributed by atoms with E-state index >= 15 is 0 Å². The van der Waals surface area contributed by atoms with E-state index in [-0.39, 0.29) is 17.9 Å². The molecule has 2 aromatic rings. The second-order valence-electron chi connectivity index (χ2n) is 4.95. The third-order valence-electron chi connectivity index (χ3n) is 3.48. The average Bonchev–Trinajstić information content (AvgIpc) is 2.49. The fourth-order valence-corrected chi connectivity index (χ4v) is 2.93. The van der Waals surface area contributed by atoms with Crippen molar-refractivity contribution in [2.45, 2.75) is 18.9 Å². The molecule has 0 aliphatic rings. The van der Waals surface area contributed by atoms with E-state index in [1.807, 2.05) is 61.5 Å². The van der Waals surface area contributed by atoms with E-state index in [9.17, 15) is 4.79 Å². The zero-order chi connectivity index (χ0) is 15.2. The maximum absolute atomic E-state index is 12.5. The summed E-state index contributed by atoms with van der Waals surface area (Å²) in [5.41, 5.74) is 7.77. The standard InChI is InChI=1S/C17H19BrN2O/c1-12(14-9-5-6-10-16(14)18)20-17(21)15(11-19)13-7-3-2-4-8-13/h2-10,12,15H,11,19H2,1H3,(H,20,21). The van der Waals surface area contributed by atoms with Gasteiger partial charge in [-0.1, -0.05) is 64.5 Å². The fraction of sp³-hybridized carbons (Fsp3) is 0.235. The molecular weight excluding hydrogens is 328 g/mol. The first-order valence-electron chi connectivity index (χ1n) is 6.93. The van der Waals surface area contributed by atoms with Crippen LogP contribution in [0.1, 0.15) is 30.0 Å². The van der Waals surface area contributed by atoms with Crippen LogP contribution in [0.5, 0.6) is 0 Å². The number of hydrogen-bond acceptors (Lipinski definition) is 2. The summed E-state index contributed by atoms with van der Waals surface area (Å²) < 4.78 is 0.988. The van der Waals surface area contributed by atoms with Crippen LogP contribution in [-0.4, -0.2) is 12.5 Å². The smallest absolute Gasteiger partial charge is 0.229 e. The molecule has 4 heteroatoms. The minimum absolute atomic E-state index is 0.0491. The molecule has 0 saturated heterocycles. The van der Waals surface area contributed by atoms with Crippen LogP contribution in [0.25, 0.3) is 0 Å². The first-order chi connectivity index (χ1) is 10.1. The molecule has 2 atom stereocenters. The maximum atomic E-state index is 12.5. The molecule has 0 bridgehead atoms. The number of nitrogens with two attached hydrogens (primary N) is 1. The van der Waals surface area contributed by atoms with Gasteiger partial charge in [-0.25, -0.2) is 0 Å². The molecule has 0 spiro atoms. The second-order valence-corrected chi connectivity index (χ2v) is 5.81. The van der Waals surface area contributed by atoms with E-state index in [4.69, 9.17) is 5.73 Å². The largest absolute Gasteiger partial charge is 0.349 e. The zero-order valence-corrected chi connectivity index (χ0v) is 13.5.